The van der Waals surface area contributed by atoms with Crippen molar-refractivity contribution in [3.8, 4) is 10.4 Å². The molecule has 0 bridgehead atoms. The van der Waals surface area contributed by atoms with Gasteiger partial charge in [-0.3, -0.25) is 0 Å². The van der Waals surface area contributed by atoms with Gasteiger partial charge >= 0.3 is 6.18 Å². The van der Waals surface area contributed by atoms with Crippen molar-refractivity contribution in [2.75, 3.05) is 0 Å². The first-order valence-electron chi connectivity index (χ1n) is 4.28. The van der Waals surface area contributed by atoms with Crippen LogP contribution in [0.3, 0.4) is 0 Å². The van der Waals surface area contributed by atoms with E-state index in [2.05, 4.69) is 0 Å². The van der Waals surface area contributed by atoms with Crippen LogP contribution in [0.1, 0.15) is 5.56 Å². The van der Waals surface area contributed by atoms with Crippen LogP contribution in [-0.2, 0) is 6.18 Å². The first-order chi connectivity index (χ1) is 7.07. The molecule has 78 valence electrons. The highest BCUT2D eigenvalue weighted by atomic mass is 32.1. The monoisotopic (exact) mass is 228 g/mol. The summed E-state index contributed by atoms with van der Waals surface area (Å²) in [5.41, 5.74) is 0.240. The second-order valence-corrected chi connectivity index (χ2v) is 3.97. The van der Waals surface area contributed by atoms with E-state index in [1.165, 1.54) is 6.07 Å². The predicted octanol–water partition coefficient (Wildman–Crippen LogP) is 4.43. The van der Waals surface area contributed by atoms with Crippen LogP contribution in [0.5, 0.6) is 0 Å². The first kappa shape index (κ1) is 10.2. The number of rotatable bonds is 1. The van der Waals surface area contributed by atoms with Crippen molar-refractivity contribution >= 4 is 11.3 Å². The van der Waals surface area contributed by atoms with Crippen molar-refractivity contribution in [2.24, 2.45) is 0 Å². The van der Waals surface area contributed by atoms with E-state index in [0.29, 0.717) is 4.88 Å². The average molecular weight is 228 g/mol. The maximum atomic E-state index is 12.3. The highest BCUT2D eigenvalue weighted by Gasteiger charge is 2.31. The Morgan fingerprint density at radius 1 is 1.00 bits per heavy atom. The Balaban J connectivity index is 2.37. The molecule has 0 aliphatic heterocycles. The number of hydrogen-bond donors (Lipinski definition) is 0. The second kappa shape index (κ2) is 3.70. The number of thiophene rings is 1. The van der Waals surface area contributed by atoms with Crippen LogP contribution in [0.4, 0.5) is 13.2 Å². The molecule has 0 amide bonds. The molecule has 0 saturated heterocycles. The van der Waals surface area contributed by atoms with Gasteiger partial charge in [-0.25, -0.2) is 0 Å². The van der Waals surface area contributed by atoms with Crippen molar-refractivity contribution in [1.29, 1.82) is 0 Å². The van der Waals surface area contributed by atoms with Gasteiger partial charge in [-0.2, -0.15) is 13.2 Å². The van der Waals surface area contributed by atoms with E-state index in [0.717, 1.165) is 22.3 Å². The topological polar surface area (TPSA) is 0 Å². The Hall–Kier alpha value is -1.29. The molecular formula is C11H7F3S. The lowest BCUT2D eigenvalue weighted by atomic mass is 10.2. The summed E-state index contributed by atoms with van der Waals surface area (Å²) in [6.45, 7) is 0. The molecule has 1 aromatic heterocycles. The lowest BCUT2D eigenvalue weighted by molar-refractivity contribution is -0.137. The zero-order valence-corrected chi connectivity index (χ0v) is 8.40. The first-order valence-corrected chi connectivity index (χ1v) is 5.16. The van der Waals surface area contributed by atoms with Crippen molar-refractivity contribution in [3.05, 3.63) is 47.3 Å². The third-order valence-electron chi connectivity index (χ3n) is 1.99. The molecule has 0 unspecified atom stereocenters. The average Bonchev–Trinajstić information content (AvgIpc) is 2.67. The van der Waals surface area contributed by atoms with E-state index < -0.39 is 11.7 Å². The fraction of sp³-hybridized carbons (Fsp3) is 0.0909. The molecule has 0 radical (unpaired) electrons. The van der Waals surface area contributed by atoms with Crippen molar-refractivity contribution in [1.82, 2.24) is 0 Å². The Morgan fingerprint density at radius 2 is 1.67 bits per heavy atom. The van der Waals surface area contributed by atoms with Gasteiger partial charge < -0.3 is 0 Å². The molecule has 0 N–H and O–H groups in total. The quantitative estimate of drug-likeness (QED) is 0.677. The molecule has 4 heteroatoms. The van der Waals surface area contributed by atoms with Crippen LogP contribution in [0, 0.1) is 0 Å². The zero-order chi connectivity index (χ0) is 10.9. The highest BCUT2D eigenvalue weighted by Crippen LogP contribution is 2.36. The van der Waals surface area contributed by atoms with E-state index in [1.807, 2.05) is 18.2 Å². The van der Waals surface area contributed by atoms with Gasteiger partial charge in [0.15, 0.2) is 0 Å². The van der Waals surface area contributed by atoms with Gasteiger partial charge in [0.05, 0.1) is 5.56 Å². The maximum absolute atomic E-state index is 12.3. The second-order valence-electron chi connectivity index (χ2n) is 3.06. The Morgan fingerprint density at radius 3 is 2.20 bits per heavy atom. The van der Waals surface area contributed by atoms with Crippen LogP contribution >= 0.6 is 11.3 Å². The number of halogens is 3. The fourth-order valence-corrected chi connectivity index (χ4v) is 2.16. The minimum Gasteiger partial charge on any atom is -0.166 e. The third kappa shape index (κ3) is 2.21. The summed E-state index contributed by atoms with van der Waals surface area (Å²) < 4.78 is 37.0. The van der Waals surface area contributed by atoms with E-state index in [1.54, 1.807) is 12.1 Å². The van der Waals surface area contributed by atoms with Crippen molar-refractivity contribution in [3.63, 3.8) is 0 Å². The zero-order valence-electron chi connectivity index (χ0n) is 7.58. The molecule has 0 aliphatic rings. The summed E-state index contributed by atoms with van der Waals surface area (Å²) in [6, 6.07) is 10.2. The molecule has 2 aromatic rings. The van der Waals surface area contributed by atoms with Gasteiger partial charge in [-0.15, -0.1) is 11.3 Å². The minimum absolute atomic E-state index is 0.577. The number of benzene rings is 1. The highest BCUT2D eigenvalue weighted by molar-refractivity contribution is 7.13. The summed E-state index contributed by atoms with van der Waals surface area (Å²) in [4.78, 5) is 0.642. The molecule has 0 saturated carbocycles. The van der Waals surface area contributed by atoms with Crippen LogP contribution in [-0.4, -0.2) is 0 Å². The van der Waals surface area contributed by atoms with E-state index in [4.69, 9.17) is 0 Å². The third-order valence-corrected chi connectivity index (χ3v) is 2.96. The molecule has 1 aromatic carbocycles. The lowest BCUT2D eigenvalue weighted by Gasteiger charge is -2.01. The number of alkyl halides is 3. The molecule has 1 heterocycles. The van der Waals surface area contributed by atoms with Crippen LogP contribution < -0.4 is 0 Å². The standard InChI is InChI=1S/C11H7F3S/c12-11(13,14)9-6-10(15-7-9)8-4-2-1-3-5-8/h1-7H. The van der Waals surface area contributed by atoms with Crippen LogP contribution in [0.25, 0.3) is 10.4 Å². The van der Waals surface area contributed by atoms with Crippen molar-refractivity contribution in [2.45, 2.75) is 6.18 Å². The molecule has 0 aliphatic carbocycles. The molecule has 2 rings (SSSR count). The lowest BCUT2D eigenvalue weighted by Crippen LogP contribution is -2.01. The minimum atomic E-state index is -4.25. The molecule has 0 fully saturated rings. The van der Waals surface area contributed by atoms with Crippen LogP contribution in [0.2, 0.25) is 0 Å². The molecule has 15 heavy (non-hydrogen) atoms. The predicted molar refractivity (Wildman–Crippen MR) is 54.8 cm³/mol. The van der Waals surface area contributed by atoms with Gasteiger partial charge in [-0.05, 0) is 11.6 Å². The van der Waals surface area contributed by atoms with Gasteiger partial charge in [0.2, 0.25) is 0 Å². The van der Waals surface area contributed by atoms with Gasteiger partial charge in [-0.1, -0.05) is 30.3 Å². The maximum Gasteiger partial charge on any atom is 0.417 e. The van der Waals surface area contributed by atoms with E-state index in [-0.39, 0.29) is 0 Å². The molecule has 0 nitrogen and oxygen atoms in total. The van der Waals surface area contributed by atoms with Crippen LogP contribution in [0.15, 0.2) is 41.8 Å². The largest absolute Gasteiger partial charge is 0.417 e. The van der Waals surface area contributed by atoms with E-state index in [9.17, 15) is 13.2 Å². The normalized spacial score (nSPS) is 11.7. The Labute approximate surface area is 89.0 Å². The Kier molecular flexibility index (Phi) is 2.52. The Bertz CT molecular complexity index is 442. The van der Waals surface area contributed by atoms with Gasteiger partial charge in [0, 0.05) is 10.3 Å². The summed E-state index contributed by atoms with van der Waals surface area (Å²) in [6.07, 6.45) is -4.25. The van der Waals surface area contributed by atoms with E-state index >= 15 is 0 Å². The summed E-state index contributed by atoms with van der Waals surface area (Å²) in [7, 11) is 0. The van der Waals surface area contributed by atoms with Crippen molar-refractivity contribution < 1.29 is 13.2 Å². The van der Waals surface area contributed by atoms with Gasteiger partial charge in [0.25, 0.3) is 0 Å². The molecule has 0 spiro atoms. The SMILES string of the molecule is FC(F)(F)c1csc(-c2ccccc2)c1. The van der Waals surface area contributed by atoms with Gasteiger partial charge in [0.1, 0.15) is 0 Å². The smallest absolute Gasteiger partial charge is 0.166 e. The molecular weight excluding hydrogens is 221 g/mol. The fourth-order valence-electron chi connectivity index (χ4n) is 1.24. The number of hydrogen-bond acceptors (Lipinski definition) is 1. The molecule has 0 atom stereocenters. The summed E-state index contributed by atoms with van der Waals surface area (Å²) in [5, 5.41) is 1.14. The summed E-state index contributed by atoms with van der Waals surface area (Å²) >= 11 is 1.11. The summed E-state index contributed by atoms with van der Waals surface area (Å²) in [5.74, 6) is 0.